The van der Waals surface area contributed by atoms with Gasteiger partial charge in [0.05, 0.1) is 0 Å². The maximum absolute atomic E-state index is 2.69. The Balaban J connectivity index is 1.51. The van der Waals surface area contributed by atoms with Crippen molar-refractivity contribution in [3.63, 3.8) is 0 Å². The van der Waals surface area contributed by atoms with E-state index in [1.807, 2.05) is 0 Å². The summed E-state index contributed by atoms with van der Waals surface area (Å²) < 4.78 is 0. The van der Waals surface area contributed by atoms with E-state index in [9.17, 15) is 0 Å². The first-order chi connectivity index (χ1) is 13.4. The number of allylic oxidation sites excluding steroid dienone is 8. The van der Waals surface area contributed by atoms with Crippen LogP contribution in [0.1, 0.15) is 79.6 Å². The lowest BCUT2D eigenvalue weighted by atomic mass is 9.74. The van der Waals surface area contributed by atoms with Crippen molar-refractivity contribution in [1.29, 1.82) is 0 Å². The van der Waals surface area contributed by atoms with Gasteiger partial charge in [0.25, 0.3) is 0 Å². The van der Waals surface area contributed by atoms with E-state index >= 15 is 0 Å². The van der Waals surface area contributed by atoms with Crippen LogP contribution in [0.15, 0.2) is 47.6 Å². The molecule has 2 saturated carbocycles. The summed E-state index contributed by atoms with van der Waals surface area (Å²) in [4.78, 5) is 0. The Morgan fingerprint density at radius 3 is 2.14 bits per heavy atom. The molecule has 154 valence electrons. The van der Waals surface area contributed by atoms with Gasteiger partial charge in [-0.3, -0.25) is 0 Å². The van der Waals surface area contributed by atoms with Crippen molar-refractivity contribution in [3.8, 4) is 0 Å². The van der Waals surface area contributed by atoms with Crippen molar-refractivity contribution in [2.75, 3.05) is 0 Å². The molecule has 7 unspecified atom stereocenters. The van der Waals surface area contributed by atoms with E-state index in [1.54, 1.807) is 5.57 Å². The summed E-state index contributed by atoms with van der Waals surface area (Å²) in [6, 6.07) is 0. The summed E-state index contributed by atoms with van der Waals surface area (Å²) in [6.45, 7) is 11.8. The van der Waals surface area contributed by atoms with Crippen LogP contribution in [0.4, 0.5) is 0 Å². The predicted octanol–water partition coefficient (Wildman–Crippen LogP) is 8.14. The molecular formula is C28H42. The number of hydrogen-bond acceptors (Lipinski definition) is 0. The molecule has 28 heavy (non-hydrogen) atoms. The minimum Gasteiger partial charge on any atom is -0.0800 e. The quantitative estimate of drug-likeness (QED) is 0.453. The standard InChI is InChI=1S/C28H42/c1-6-7-20-9-10-21(17-20)11-14-25-26-16-19(2)8-13-23(26)24-15-12-22(18-27(24)25)28(3,4)5/h8,12-13,15-16,18,20-21,23-27H,6-7,9-11,14,17H2,1-5H3. The van der Waals surface area contributed by atoms with Crippen LogP contribution in [-0.4, -0.2) is 0 Å². The summed E-state index contributed by atoms with van der Waals surface area (Å²) in [5, 5.41) is 0. The van der Waals surface area contributed by atoms with E-state index in [0.29, 0.717) is 0 Å². The highest BCUT2D eigenvalue weighted by Crippen LogP contribution is 2.55. The lowest BCUT2D eigenvalue weighted by Crippen LogP contribution is -2.21. The highest BCUT2D eigenvalue weighted by molar-refractivity contribution is 5.37. The van der Waals surface area contributed by atoms with Crippen LogP contribution < -0.4 is 0 Å². The molecule has 0 bridgehead atoms. The van der Waals surface area contributed by atoms with Gasteiger partial charge in [-0.05, 0) is 72.2 Å². The average molecular weight is 379 g/mol. The Morgan fingerprint density at radius 1 is 0.821 bits per heavy atom. The predicted molar refractivity (Wildman–Crippen MR) is 122 cm³/mol. The third-order valence-electron chi connectivity index (χ3n) is 8.35. The minimum atomic E-state index is 0.264. The van der Waals surface area contributed by atoms with Crippen molar-refractivity contribution in [2.45, 2.75) is 79.6 Å². The Morgan fingerprint density at radius 2 is 1.46 bits per heavy atom. The molecule has 0 aromatic heterocycles. The second kappa shape index (κ2) is 8.00. The van der Waals surface area contributed by atoms with Gasteiger partial charge >= 0.3 is 0 Å². The lowest BCUT2D eigenvalue weighted by molar-refractivity contribution is 0.306. The largest absolute Gasteiger partial charge is 0.0800 e. The Hall–Kier alpha value is -1.04. The number of rotatable bonds is 5. The van der Waals surface area contributed by atoms with Crippen molar-refractivity contribution in [2.24, 2.45) is 46.8 Å². The highest BCUT2D eigenvalue weighted by atomic mass is 14.5. The first-order valence-corrected chi connectivity index (χ1v) is 12.1. The zero-order valence-electron chi connectivity index (χ0n) is 19.0. The van der Waals surface area contributed by atoms with Crippen molar-refractivity contribution >= 4 is 0 Å². The average Bonchev–Trinajstić information content (AvgIpc) is 3.21. The molecule has 0 N–H and O–H groups in total. The van der Waals surface area contributed by atoms with Crippen molar-refractivity contribution in [3.05, 3.63) is 47.6 Å². The molecular weight excluding hydrogens is 336 g/mol. The molecule has 4 aliphatic rings. The van der Waals surface area contributed by atoms with Crippen LogP contribution >= 0.6 is 0 Å². The number of fused-ring (bicyclic) bond motifs is 3. The highest BCUT2D eigenvalue weighted by Gasteiger charge is 2.48. The first-order valence-electron chi connectivity index (χ1n) is 12.1. The molecule has 0 radical (unpaired) electrons. The van der Waals surface area contributed by atoms with Gasteiger partial charge in [-0.25, -0.2) is 0 Å². The maximum Gasteiger partial charge on any atom is -0.00954 e. The van der Waals surface area contributed by atoms with Crippen molar-refractivity contribution in [1.82, 2.24) is 0 Å². The van der Waals surface area contributed by atoms with Gasteiger partial charge in [0.2, 0.25) is 0 Å². The Bertz CT molecular complexity index is 679. The van der Waals surface area contributed by atoms with Gasteiger partial charge in [-0.2, -0.15) is 0 Å². The molecule has 2 fully saturated rings. The molecule has 0 amide bonds. The van der Waals surface area contributed by atoms with Gasteiger partial charge in [-0.15, -0.1) is 0 Å². The van der Waals surface area contributed by atoms with Gasteiger partial charge < -0.3 is 0 Å². The fourth-order valence-electron chi connectivity index (χ4n) is 6.85. The van der Waals surface area contributed by atoms with Gasteiger partial charge in [0.15, 0.2) is 0 Å². The second-order valence-electron chi connectivity index (χ2n) is 11.4. The zero-order chi connectivity index (χ0) is 19.9. The van der Waals surface area contributed by atoms with Crippen LogP contribution in [0.25, 0.3) is 0 Å². The minimum absolute atomic E-state index is 0.264. The number of hydrogen-bond donors (Lipinski definition) is 0. The Labute approximate surface area is 174 Å². The van der Waals surface area contributed by atoms with E-state index in [0.717, 1.165) is 41.4 Å². The summed E-state index contributed by atoms with van der Waals surface area (Å²) in [7, 11) is 0. The monoisotopic (exact) mass is 378 g/mol. The normalized spacial score (nSPS) is 39.5. The van der Waals surface area contributed by atoms with Crippen molar-refractivity contribution < 1.29 is 0 Å². The fraction of sp³-hybridized carbons (Fsp3) is 0.714. The maximum atomic E-state index is 2.69. The van der Waals surface area contributed by atoms with Gasteiger partial charge in [0.1, 0.15) is 0 Å². The third-order valence-corrected chi connectivity index (χ3v) is 8.35. The molecule has 0 heterocycles. The van der Waals surface area contributed by atoms with Gasteiger partial charge in [-0.1, -0.05) is 102 Å². The molecule has 0 nitrogen and oxygen atoms in total. The van der Waals surface area contributed by atoms with E-state index in [1.165, 1.54) is 50.5 Å². The van der Waals surface area contributed by atoms with Crippen LogP contribution in [-0.2, 0) is 0 Å². The van der Waals surface area contributed by atoms with Crippen LogP contribution in [0.5, 0.6) is 0 Å². The summed E-state index contributed by atoms with van der Waals surface area (Å²) >= 11 is 0. The van der Waals surface area contributed by atoms with E-state index in [-0.39, 0.29) is 5.41 Å². The molecule has 0 saturated heterocycles. The summed E-state index contributed by atoms with van der Waals surface area (Å²) in [5.41, 5.74) is 3.31. The lowest BCUT2D eigenvalue weighted by Gasteiger charge is -2.31. The molecule has 0 heteroatoms. The molecule has 0 spiro atoms. The molecule has 0 aromatic rings. The second-order valence-corrected chi connectivity index (χ2v) is 11.4. The molecule has 4 aliphatic carbocycles. The zero-order valence-corrected chi connectivity index (χ0v) is 19.0. The smallest absolute Gasteiger partial charge is 0.00954 e. The third kappa shape index (κ3) is 3.99. The van der Waals surface area contributed by atoms with Crippen LogP contribution in [0, 0.1) is 46.8 Å². The summed E-state index contributed by atoms with van der Waals surface area (Å²) in [6.07, 6.45) is 25.5. The molecule has 0 aromatic carbocycles. The molecule has 0 aliphatic heterocycles. The van der Waals surface area contributed by atoms with Crippen LogP contribution in [0.3, 0.4) is 0 Å². The summed E-state index contributed by atoms with van der Waals surface area (Å²) in [5.74, 6) is 5.82. The topological polar surface area (TPSA) is 0 Å². The molecule has 7 atom stereocenters. The van der Waals surface area contributed by atoms with Crippen LogP contribution in [0.2, 0.25) is 0 Å². The fourth-order valence-corrected chi connectivity index (χ4v) is 6.85. The van der Waals surface area contributed by atoms with E-state index < -0.39 is 0 Å². The first kappa shape index (κ1) is 20.2. The van der Waals surface area contributed by atoms with E-state index in [2.05, 4.69) is 71.1 Å². The van der Waals surface area contributed by atoms with E-state index in [4.69, 9.17) is 0 Å². The van der Waals surface area contributed by atoms with Gasteiger partial charge in [0, 0.05) is 0 Å². The SMILES string of the molecule is CCCC1CCC(CCC2C3C=C(C)C=CC3C3C=CC(C(C)(C)C)=CC32)C1. The molecule has 4 rings (SSSR count). The Kier molecular flexibility index (Phi) is 5.78.